The topological polar surface area (TPSA) is 152 Å². The van der Waals surface area contributed by atoms with Crippen molar-refractivity contribution in [1.29, 1.82) is 0 Å². The smallest absolute Gasteiger partial charge is 0.331 e. The minimum Gasteiger partial charge on any atom is -0.462 e. The standard InChI is InChI=1S/C45H76O10/c1-3-5-7-9-11-13-15-17-19-21-23-25-27-29-31-33-40(47)52-36-38(37-53-45-44(51)43(50)42(49)39(35-46)55-45)54-41(48)34-32-30-28-26-24-22-20-18-16-14-12-10-8-6-4-2/h11,13,17-20,28,30,32,34,38-39,42-46,49-51H,3-10,12,14-16,21-27,29,31,33,35-37H2,1-2H3/t38?,39-,42+,43+,44-,45-/m1/s1. The number of carbonyl (C=O) groups excluding carboxylic acids is 2. The lowest BCUT2D eigenvalue weighted by Crippen LogP contribution is -2.59. The van der Waals surface area contributed by atoms with E-state index >= 15 is 0 Å². The van der Waals surface area contributed by atoms with Crippen molar-refractivity contribution in [2.24, 2.45) is 0 Å². The lowest BCUT2D eigenvalue weighted by Gasteiger charge is -2.39. The molecule has 1 aliphatic rings. The number of aliphatic hydroxyl groups excluding tert-OH is 4. The van der Waals surface area contributed by atoms with Crippen LogP contribution in [0.3, 0.4) is 0 Å². The van der Waals surface area contributed by atoms with Gasteiger partial charge in [-0.2, -0.15) is 0 Å². The molecule has 1 saturated heterocycles. The number of carbonyl (C=O) groups is 2. The van der Waals surface area contributed by atoms with Crippen molar-refractivity contribution in [3.05, 3.63) is 60.8 Å². The van der Waals surface area contributed by atoms with E-state index in [0.29, 0.717) is 6.42 Å². The molecule has 1 rings (SSSR count). The first kappa shape index (κ1) is 50.4. The Labute approximate surface area is 332 Å². The number of aliphatic hydroxyl groups is 4. The van der Waals surface area contributed by atoms with E-state index in [0.717, 1.165) is 70.6 Å². The number of esters is 2. The summed E-state index contributed by atoms with van der Waals surface area (Å²) in [4.78, 5) is 25.1. The second-order valence-electron chi connectivity index (χ2n) is 14.5. The van der Waals surface area contributed by atoms with Gasteiger partial charge < -0.3 is 39.4 Å². The summed E-state index contributed by atoms with van der Waals surface area (Å²) in [6.45, 7) is 3.23. The quantitative estimate of drug-likeness (QED) is 0.0164. The summed E-state index contributed by atoms with van der Waals surface area (Å²) in [7, 11) is 0. The Balaban J connectivity index is 2.44. The van der Waals surface area contributed by atoms with Crippen LogP contribution in [-0.4, -0.2) is 89.0 Å². The average molecular weight is 777 g/mol. The third-order valence-corrected chi connectivity index (χ3v) is 9.45. The van der Waals surface area contributed by atoms with Gasteiger partial charge in [0.2, 0.25) is 0 Å². The molecule has 0 amide bonds. The molecule has 0 aromatic carbocycles. The third-order valence-electron chi connectivity index (χ3n) is 9.45. The Morgan fingerprint density at radius 3 is 1.82 bits per heavy atom. The molecule has 0 aromatic rings. The minimum absolute atomic E-state index is 0.234. The molecule has 55 heavy (non-hydrogen) atoms. The largest absolute Gasteiger partial charge is 0.462 e. The van der Waals surface area contributed by atoms with Gasteiger partial charge in [0.15, 0.2) is 12.4 Å². The maximum atomic E-state index is 12.6. The van der Waals surface area contributed by atoms with Gasteiger partial charge in [0.05, 0.1) is 13.2 Å². The Hall–Kier alpha value is -2.60. The van der Waals surface area contributed by atoms with Crippen LogP contribution in [0, 0.1) is 0 Å². The Kier molecular flexibility index (Phi) is 32.8. The van der Waals surface area contributed by atoms with E-state index in [-0.39, 0.29) is 19.6 Å². The lowest BCUT2D eigenvalue weighted by atomic mass is 9.99. The van der Waals surface area contributed by atoms with E-state index in [1.807, 2.05) is 6.08 Å². The zero-order valence-electron chi connectivity index (χ0n) is 34.2. The summed E-state index contributed by atoms with van der Waals surface area (Å²) in [5.74, 6) is -1.09. The summed E-state index contributed by atoms with van der Waals surface area (Å²) in [5.41, 5.74) is 0. The Bertz CT molecular complexity index is 1080. The van der Waals surface area contributed by atoms with E-state index in [1.165, 1.54) is 63.9 Å². The van der Waals surface area contributed by atoms with Crippen LogP contribution in [0.1, 0.15) is 155 Å². The molecule has 1 aliphatic heterocycles. The second-order valence-corrected chi connectivity index (χ2v) is 14.5. The van der Waals surface area contributed by atoms with Crippen molar-refractivity contribution in [2.45, 2.75) is 192 Å². The highest BCUT2D eigenvalue weighted by atomic mass is 16.7. The Morgan fingerprint density at radius 2 is 1.16 bits per heavy atom. The van der Waals surface area contributed by atoms with Crippen molar-refractivity contribution in [3.8, 4) is 0 Å². The van der Waals surface area contributed by atoms with Gasteiger partial charge in [-0.15, -0.1) is 0 Å². The molecular formula is C45H76O10. The molecule has 316 valence electrons. The van der Waals surface area contributed by atoms with Crippen LogP contribution in [-0.2, 0) is 28.5 Å². The van der Waals surface area contributed by atoms with Crippen LogP contribution >= 0.6 is 0 Å². The third kappa shape index (κ3) is 27.6. The number of allylic oxidation sites excluding steroid dienone is 9. The SMILES string of the molecule is CCCCCC=CCC=CCCCCCCCC(=O)OCC(CO[C@@H]1O[C@H](CO)[C@H](O)[C@H](O)[C@H]1O)OC(=O)C=CC=CCCCC=CCCCCCCCC. The molecule has 0 bridgehead atoms. The number of unbranched alkanes of at least 4 members (excludes halogenated alkanes) is 16. The summed E-state index contributed by atoms with van der Waals surface area (Å²) < 4.78 is 21.9. The van der Waals surface area contributed by atoms with Crippen molar-refractivity contribution in [2.75, 3.05) is 19.8 Å². The van der Waals surface area contributed by atoms with Crippen LogP contribution in [0.4, 0.5) is 0 Å². The van der Waals surface area contributed by atoms with Gasteiger partial charge >= 0.3 is 11.9 Å². The monoisotopic (exact) mass is 777 g/mol. The Morgan fingerprint density at radius 1 is 0.618 bits per heavy atom. The molecule has 6 atom stereocenters. The van der Waals surface area contributed by atoms with E-state index < -0.39 is 55.4 Å². The van der Waals surface area contributed by atoms with Gasteiger partial charge in [0.1, 0.15) is 31.0 Å². The molecular weight excluding hydrogens is 700 g/mol. The predicted molar refractivity (Wildman–Crippen MR) is 219 cm³/mol. The number of hydrogen-bond donors (Lipinski definition) is 4. The molecule has 1 unspecified atom stereocenters. The number of hydrogen-bond acceptors (Lipinski definition) is 10. The zero-order chi connectivity index (χ0) is 40.2. The summed E-state index contributed by atoms with van der Waals surface area (Å²) in [5, 5.41) is 40.0. The van der Waals surface area contributed by atoms with Crippen LogP contribution in [0.5, 0.6) is 0 Å². The van der Waals surface area contributed by atoms with Crippen molar-refractivity contribution < 1.29 is 49.0 Å². The van der Waals surface area contributed by atoms with Crippen molar-refractivity contribution in [1.82, 2.24) is 0 Å². The summed E-state index contributed by atoms with van der Waals surface area (Å²) >= 11 is 0. The number of ether oxygens (including phenoxy) is 4. The van der Waals surface area contributed by atoms with Crippen LogP contribution in [0.15, 0.2) is 60.8 Å². The summed E-state index contributed by atoms with van der Waals surface area (Å²) in [6, 6.07) is 0. The van der Waals surface area contributed by atoms with Crippen LogP contribution in [0.2, 0.25) is 0 Å². The first-order valence-corrected chi connectivity index (χ1v) is 21.4. The van der Waals surface area contributed by atoms with E-state index in [9.17, 15) is 30.0 Å². The normalized spacial score (nSPS) is 21.2. The van der Waals surface area contributed by atoms with Crippen molar-refractivity contribution >= 4 is 11.9 Å². The molecule has 10 nitrogen and oxygen atoms in total. The van der Waals surface area contributed by atoms with Gasteiger partial charge in [-0.1, -0.05) is 133 Å². The van der Waals surface area contributed by atoms with Gasteiger partial charge in [0, 0.05) is 12.5 Å². The molecule has 0 aromatic heterocycles. The fourth-order valence-corrected chi connectivity index (χ4v) is 6.01. The maximum absolute atomic E-state index is 12.6. The number of rotatable bonds is 34. The molecule has 4 N–H and O–H groups in total. The van der Waals surface area contributed by atoms with Crippen LogP contribution < -0.4 is 0 Å². The van der Waals surface area contributed by atoms with Crippen molar-refractivity contribution in [3.63, 3.8) is 0 Å². The molecule has 0 spiro atoms. The zero-order valence-corrected chi connectivity index (χ0v) is 34.2. The van der Waals surface area contributed by atoms with Gasteiger partial charge in [-0.3, -0.25) is 4.79 Å². The highest BCUT2D eigenvalue weighted by Crippen LogP contribution is 2.22. The first-order valence-electron chi connectivity index (χ1n) is 21.4. The molecule has 0 radical (unpaired) electrons. The molecule has 10 heteroatoms. The van der Waals surface area contributed by atoms with Gasteiger partial charge in [0.25, 0.3) is 0 Å². The fourth-order valence-electron chi connectivity index (χ4n) is 6.01. The fraction of sp³-hybridized carbons (Fsp3) is 0.733. The molecule has 0 saturated carbocycles. The highest BCUT2D eigenvalue weighted by molar-refractivity contribution is 5.82. The minimum atomic E-state index is -1.62. The predicted octanol–water partition coefficient (Wildman–Crippen LogP) is 8.66. The van der Waals surface area contributed by atoms with E-state index in [1.54, 1.807) is 12.2 Å². The summed E-state index contributed by atoms with van der Waals surface area (Å²) in [6.07, 6.45) is 35.7. The van der Waals surface area contributed by atoms with E-state index in [2.05, 4.69) is 50.3 Å². The second kappa shape index (κ2) is 35.8. The highest BCUT2D eigenvalue weighted by Gasteiger charge is 2.44. The van der Waals surface area contributed by atoms with Crippen LogP contribution in [0.25, 0.3) is 0 Å². The maximum Gasteiger partial charge on any atom is 0.331 e. The molecule has 1 fully saturated rings. The van der Waals surface area contributed by atoms with E-state index in [4.69, 9.17) is 18.9 Å². The lowest BCUT2D eigenvalue weighted by molar-refractivity contribution is -0.305. The molecule has 0 aliphatic carbocycles. The van der Waals surface area contributed by atoms with Gasteiger partial charge in [-0.25, -0.2) is 4.79 Å². The molecule has 1 heterocycles. The average Bonchev–Trinajstić information content (AvgIpc) is 3.18. The first-order chi connectivity index (χ1) is 26.8. The van der Waals surface area contributed by atoms with Gasteiger partial charge in [-0.05, 0) is 70.6 Å².